The monoisotopic (exact) mass is 1250 g/mol. The Balaban J connectivity index is 0.000000184. The summed E-state index contributed by atoms with van der Waals surface area (Å²) in [5.41, 5.74) is -0.801. The third kappa shape index (κ3) is 11.7. The Hall–Kier alpha value is -6.82. The molecule has 4 amide bonds. The molecule has 6 heterocycles. The van der Waals surface area contributed by atoms with Crippen LogP contribution < -0.4 is 9.47 Å². The van der Waals surface area contributed by atoms with Gasteiger partial charge in [-0.3, -0.25) is 28.8 Å². The molecule has 0 unspecified atom stereocenters. The van der Waals surface area contributed by atoms with Crippen LogP contribution in [0.1, 0.15) is 164 Å². The highest BCUT2D eigenvalue weighted by Gasteiger charge is 2.56. The van der Waals surface area contributed by atoms with Crippen molar-refractivity contribution >= 4 is 58.8 Å². The molecule has 87 heavy (non-hydrogen) atoms. The van der Waals surface area contributed by atoms with Gasteiger partial charge in [-0.2, -0.15) is 0 Å². The molecule has 5 fully saturated rings. The predicted molar refractivity (Wildman–Crippen MR) is 305 cm³/mol. The number of aliphatic carboxylic acids is 1. The van der Waals surface area contributed by atoms with E-state index < -0.39 is 78.2 Å². The molecule has 2 aromatic carbocycles. The maximum Gasteiger partial charge on any atom is 0.312 e. The normalized spacial score (nSPS) is 27.9. The van der Waals surface area contributed by atoms with Gasteiger partial charge in [-0.15, -0.1) is 10.2 Å². The van der Waals surface area contributed by atoms with Crippen LogP contribution in [0.2, 0.25) is 10.0 Å². The lowest BCUT2D eigenvalue weighted by molar-refractivity contribution is -0.162. The number of alkyl halides is 4. The fraction of sp³-hybridized carbons (Fsp3) is 0.607. The molecular weight excluding hydrogens is 1180 g/mol. The van der Waals surface area contributed by atoms with Crippen LogP contribution in [0.4, 0.5) is 17.6 Å². The molecule has 8 aliphatic rings. The summed E-state index contributed by atoms with van der Waals surface area (Å²) in [7, 11) is 4.08. The van der Waals surface area contributed by atoms with Gasteiger partial charge in [0.05, 0.1) is 41.9 Å². The van der Waals surface area contributed by atoms with Gasteiger partial charge in [0.1, 0.15) is 47.5 Å². The van der Waals surface area contributed by atoms with E-state index in [-0.39, 0.29) is 103 Å². The highest BCUT2D eigenvalue weighted by Crippen LogP contribution is 2.56. The summed E-state index contributed by atoms with van der Waals surface area (Å²) in [5, 5.41) is 26.3. The molecule has 2 saturated heterocycles. The van der Waals surface area contributed by atoms with Crippen molar-refractivity contribution in [2.45, 2.75) is 142 Å². The molecule has 0 radical (unpaired) electrons. The number of methoxy groups -OCH3 is 1. The van der Waals surface area contributed by atoms with Gasteiger partial charge in [0.2, 0.25) is 23.6 Å². The van der Waals surface area contributed by atoms with E-state index in [0.717, 1.165) is 40.6 Å². The lowest BCUT2D eigenvalue weighted by Gasteiger charge is -2.45. The number of nitrogens with zero attached hydrogens (tertiary/aromatic N) is 10. The lowest BCUT2D eigenvalue weighted by Crippen LogP contribution is -2.52. The zero-order valence-electron chi connectivity index (χ0n) is 51.1. The first kappa shape index (κ1) is 59.2. The molecule has 3 saturated carbocycles. The molecule has 12 rings (SSSR count). The number of amides is 4. The molecule has 2 aromatic heterocycles. The maximum absolute atomic E-state index is 14.5. The van der Waals surface area contributed by atoms with E-state index in [0.29, 0.717) is 90.6 Å². The standard InChI is InChI=1S/C31H36ClF2N5O5.C30H36ClF2N5O5/c1-30(29(42)43-3)10-5-4-6-19(30)28(41)39-13-9-18-20(32)7-8-23(44-16-21-26(27(33)34)37(2)36-35-21)25(18)22(39)15-38-17-31(11-12-31)14-24(38)40;1-29(28(41)42)9-4-3-5-18(29)27(40)38-12-8-17-19(31)6-7-22(43-15-20-25(26(32)33)36(2)35-34-20)24(17)21(38)14-37-16-30(10-11-30)13-23(37)39/h4-5,7-8,19,22,27H,6,9-17H2,1-3H3;6-7,18,21,26H,3-5,8-16H2,1-2H3,(H,41,42)/t19-,22+,30-;18-,21+,29-/m00/s1/i;3D,4D/t;3-,4-,18+,21-,29+/m.1. The number of hydrogen-bond donors (Lipinski definition) is 1. The van der Waals surface area contributed by atoms with Crippen molar-refractivity contribution in [3.8, 4) is 11.5 Å². The van der Waals surface area contributed by atoms with Crippen molar-refractivity contribution in [2.24, 2.45) is 47.6 Å². The Bertz CT molecular complexity index is 3510. The van der Waals surface area contributed by atoms with Crippen molar-refractivity contribution < 1.29 is 68.4 Å². The average Bonchev–Trinajstić information content (AvgIpc) is 1.69. The van der Waals surface area contributed by atoms with Crippen molar-refractivity contribution in [2.75, 3.05) is 46.4 Å². The van der Waals surface area contributed by atoms with Crippen LogP contribution in [0.25, 0.3) is 0 Å². The smallest absolute Gasteiger partial charge is 0.312 e. The number of likely N-dealkylation sites (tertiary alicyclic amines) is 2. The number of carboxylic acids is 1. The quantitative estimate of drug-likeness (QED) is 0.0627. The Labute approximate surface area is 513 Å². The SMILES string of the molecule is COC(=O)[C@@]1(C)CC=CC[C@H]1C(=O)N1CCc2c(Cl)ccc(OCc3nnn(C)c3C(F)F)c2[C@H]1CN1CC2(CC2)CC1=O.[2H][C@H]1C[C@@H](C(=O)N2CCc3c(Cl)ccc(OCc4nnn(C)c4C(F)F)c3[C@H]2CN2CC3(CC3)CC2=O)[C@@](C)(C(=O)O)C[C@@H]1[2H]. The van der Waals surface area contributed by atoms with Crippen molar-refractivity contribution in [3.63, 3.8) is 0 Å². The van der Waals surface area contributed by atoms with Crippen LogP contribution in [0.5, 0.6) is 11.5 Å². The highest BCUT2D eigenvalue weighted by atomic mass is 35.5. The highest BCUT2D eigenvalue weighted by molar-refractivity contribution is 6.32. The number of esters is 1. The van der Waals surface area contributed by atoms with Crippen molar-refractivity contribution in [1.29, 1.82) is 0 Å². The number of aryl methyl sites for hydroxylation is 2. The summed E-state index contributed by atoms with van der Waals surface area (Å²) in [6.45, 7) is 4.61. The molecular formula is C61H72Cl2F4N10O10. The Kier molecular flexibility index (Phi) is 16.3. The van der Waals surface area contributed by atoms with Gasteiger partial charge in [-0.05, 0) is 124 Å². The second-order valence-corrected chi connectivity index (χ2v) is 26.0. The van der Waals surface area contributed by atoms with Crippen LogP contribution >= 0.6 is 23.2 Å². The molecule has 4 aromatic rings. The number of carbonyl (C=O) groups is 6. The first-order chi connectivity index (χ1) is 42.2. The van der Waals surface area contributed by atoms with Crippen LogP contribution in [0, 0.1) is 33.5 Å². The third-order valence-electron chi connectivity index (χ3n) is 19.7. The number of ether oxygens (including phenoxy) is 3. The minimum atomic E-state index is -2.83. The molecule has 8 atom stereocenters. The van der Waals surface area contributed by atoms with Crippen LogP contribution in [-0.2, 0) is 73.7 Å². The van der Waals surface area contributed by atoms with Gasteiger partial charge in [-0.25, -0.2) is 26.9 Å². The molecule has 20 nitrogen and oxygen atoms in total. The van der Waals surface area contributed by atoms with Crippen LogP contribution in [0.3, 0.4) is 0 Å². The molecule has 4 aliphatic heterocycles. The Morgan fingerprint density at radius 3 is 1.60 bits per heavy atom. The lowest BCUT2D eigenvalue weighted by atomic mass is 9.66. The number of fused-ring (bicyclic) bond motifs is 2. The van der Waals surface area contributed by atoms with E-state index in [1.807, 2.05) is 17.1 Å². The zero-order valence-corrected chi connectivity index (χ0v) is 50.6. The van der Waals surface area contributed by atoms with Crippen LogP contribution in [-0.4, -0.2) is 137 Å². The van der Waals surface area contributed by atoms with E-state index >= 15 is 0 Å². The Morgan fingerprint density at radius 1 is 0.701 bits per heavy atom. The summed E-state index contributed by atoms with van der Waals surface area (Å²) in [6, 6.07) is 5.17. The van der Waals surface area contributed by atoms with Crippen molar-refractivity contribution in [1.82, 2.24) is 49.6 Å². The number of hydrogen-bond acceptors (Lipinski definition) is 13. The van der Waals surface area contributed by atoms with Crippen molar-refractivity contribution in [3.05, 3.63) is 91.5 Å². The van der Waals surface area contributed by atoms with Gasteiger partial charge in [-0.1, -0.05) is 58.6 Å². The Morgan fingerprint density at radius 2 is 1.17 bits per heavy atom. The van der Waals surface area contributed by atoms with Gasteiger partial charge in [0.25, 0.3) is 12.9 Å². The summed E-state index contributed by atoms with van der Waals surface area (Å²) in [6.07, 6.45) is 2.33. The number of aromatic nitrogens is 6. The topological polar surface area (TPSA) is 225 Å². The van der Waals surface area contributed by atoms with Gasteiger partial charge in [0, 0.05) is 90.1 Å². The summed E-state index contributed by atoms with van der Waals surface area (Å²) < 4.78 is 91.0. The first-order valence-electron chi connectivity index (χ1n) is 30.6. The third-order valence-corrected chi connectivity index (χ3v) is 20.4. The van der Waals surface area contributed by atoms with Gasteiger partial charge >= 0.3 is 11.9 Å². The first-order valence-corrected chi connectivity index (χ1v) is 30.2. The van der Waals surface area contributed by atoms with Gasteiger partial charge < -0.3 is 38.9 Å². The summed E-state index contributed by atoms with van der Waals surface area (Å²) in [5.74, 6) is -3.43. The molecule has 0 bridgehead atoms. The second kappa shape index (κ2) is 23.9. The zero-order chi connectivity index (χ0) is 63.8. The fourth-order valence-corrected chi connectivity index (χ4v) is 14.6. The summed E-state index contributed by atoms with van der Waals surface area (Å²) in [4.78, 5) is 87.7. The number of carboxylic acid groups (broad SMARTS) is 1. The van der Waals surface area contributed by atoms with E-state index in [1.54, 1.807) is 45.9 Å². The minimum absolute atomic E-state index is 0.000254. The maximum atomic E-state index is 14.5. The minimum Gasteiger partial charge on any atom is -0.487 e. The van der Waals surface area contributed by atoms with Crippen LogP contribution in [0.15, 0.2) is 36.4 Å². The molecule has 468 valence electrons. The fourth-order valence-electron chi connectivity index (χ4n) is 14.1. The molecule has 1 N–H and O–H groups in total. The molecule has 26 heteroatoms. The largest absolute Gasteiger partial charge is 0.487 e. The van der Waals surface area contributed by atoms with E-state index in [4.69, 9.17) is 40.2 Å². The average molecular weight is 1250 g/mol. The number of rotatable bonds is 16. The number of allylic oxidation sites excluding steroid dienone is 2. The molecule has 2 spiro atoms. The van der Waals surface area contributed by atoms with E-state index in [2.05, 4.69) is 20.6 Å². The number of halogens is 6. The second-order valence-electron chi connectivity index (χ2n) is 25.2. The van der Waals surface area contributed by atoms with E-state index in [9.17, 15) is 51.4 Å². The number of carbonyl (C=O) groups excluding carboxylic acids is 5. The van der Waals surface area contributed by atoms with E-state index in [1.165, 1.54) is 28.1 Å². The van der Waals surface area contributed by atoms with Gasteiger partial charge in [0.15, 0.2) is 0 Å². The predicted octanol–water partition coefficient (Wildman–Crippen LogP) is 9.27. The summed E-state index contributed by atoms with van der Waals surface area (Å²) >= 11 is 13.4. The number of benzene rings is 2. The molecule has 4 aliphatic carbocycles.